The Morgan fingerprint density at radius 1 is 1.03 bits per heavy atom. The number of methoxy groups -OCH3 is 1. The van der Waals surface area contributed by atoms with E-state index in [0.29, 0.717) is 54.0 Å². The Bertz CT molecular complexity index is 1470. The molecule has 1 aromatic heterocycles. The summed E-state index contributed by atoms with van der Waals surface area (Å²) in [5.74, 6) is 2.05. The smallest absolute Gasteiger partial charge is 0.253 e. The first-order chi connectivity index (χ1) is 17.5. The fourth-order valence-electron chi connectivity index (χ4n) is 4.13. The normalized spacial score (nSPS) is 12.3. The molecule has 0 bridgehead atoms. The average molecular weight is 502 g/mol. The van der Waals surface area contributed by atoms with E-state index < -0.39 is 0 Å². The number of pyridine rings is 1. The predicted octanol–water partition coefficient (Wildman–Crippen LogP) is 5.02. The maximum atomic E-state index is 13.1. The van der Waals surface area contributed by atoms with Crippen LogP contribution in [0.5, 0.6) is 17.2 Å². The molecule has 0 aliphatic carbocycles. The number of nitrogens with one attached hydrogen (secondary N) is 2. The molecule has 8 heteroatoms. The summed E-state index contributed by atoms with van der Waals surface area (Å²) in [5.41, 5.74) is 4.22. The van der Waals surface area contributed by atoms with Crippen molar-refractivity contribution in [1.29, 1.82) is 0 Å². The molecule has 1 aliphatic rings. The Balaban J connectivity index is 1.46. The van der Waals surface area contributed by atoms with Crippen molar-refractivity contribution in [3.63, 3.8) is 0 Å². The van der Waals surface area contributed by atoms with Gasteiger partial charge in [0, 0.05) is 35.3 Å². The third-order valence-electron chi connectivity index (χ3n) is 6.05. The van der Waals surface area contributed by atoms with Crippen molar-refractivity contribution in [2.24, 2.45) is 0 Å². The highest BCUT2D eigenvalue weighted by atomic mass is 32.1. The van der Waals surface area contributed by atoms with Gasteiger partial charge in [0.05, 0.1) is 19.2 Å². The van der Waals surface area contributed by atoms with Crippen molar-refractivity contribution in [1.82, 2.24) is 9.88 Å². The summed E-state index contributed by atoms with van der Waals surface area (Å²) in [4.78, 5) is 18.0. The monoisotopic (exact) mass is 501 g/mol. The van der Waals surface area contributed by atoms with Crippen molar-refractivity contribution < 1.29 is 14.2 Å². The summed E-state index contributed by atoms with van der Waals surface area (Å²) in [7, 11) is 1.63. The van der Waals surface area contributed by atoms with Gasteiger partial charge in [-0.2, -0.15) is 0 Å². The molecule has 0 fully saturated rings. The number of thiocarbonyl (C=S) groups is 1. The van der Waals surface area contributed by atoms with Crippen LogP contribution in [0.3, 0.4) is 0 Å². The van der Waals surface area contributed by atoms with Gasteiger partial charge in [0.15, 0.2) is 16.6 Å². The zero-order valence-corrected chi connectivity index (χ0v) is 21.0. The van der Waals surface area contributed by atoms with Gasteiger partial charge in [-0.1, -0.05) is 35.9 Å². The van der Waals surface area contributed by atoms with Crippen LogP contribution >= 0.6 is 12.2 Å². The summed E-state index contributed by atoms with van der Waals surface area (Å²) in [5, 5.41) is 4.67. The molecule has 0 atom stereocenters. The first kappa shape index (κ1) is 23.7. The minimum atomic E-state index is -0.169. The Labute approximate surface area is 214 Å². The molecule has 5 rings (SSSR count). The van der Waals surface area contributed by atoms with E-state index in [4.69, 9.17) is 26.4 Å². The minimum Gasteiger partial charge on any atom is -0.497 e. The third kappa shape index (κ3) is 5.28. The maximum absolute atomic E-state index is 13.1. The van der Waals surface area contributed by atoms with Crippen LogP contribution in [-0.4, -0.2) is 35.3 Å². The quantitative estimate of drug-likeness (QED) is 0.360. The Morgan fingerprint density at radius 3 is 2.53 bits per heavy atom. The van der Waals surface area contributed by atoms with E-state index in [9.17, 15) is 4.79 Å². The molecule has 1 aliphatic heterocycles. The van der Waals surface area contributed by atoms with Gasteiger partial charge in [-0.25, -0.2) is 0 Å². The topological polar surface area (TPSA) is 75.8 Å². The number of rotatable bonds is 6. The first-order valence-electron chi connectivity index (χ1n) is 11.7. The average Bonchev–Trinajstić information content (AvgIpc) is 2.89. The molecule has 3 aromatic carbocycles. The SMILES string of the molecule is COc1cccc(NC(=S)N(Cc2ccc(C)cc2)Cc2cc3cc4c(cc3[nH]c2=O)OCCO4)c1. The Kier molecular flexibility index (Phi) is 6.77. The largest absolute Gasteiger partial charge is 0.497 e. The van der Waals surface area contributed by atoms with Crippen LogP contribution < -0.4 is 25.1 Å². The lowest BCUT2D eigenvalue weighted by molar-refractivity contribution is 0.172. The second kappa shape index (κ2) is 10.3. The number of benzene rings is 3. The van der Waals surface area contributed by atoms with Crippen molar-refractivity contribution in [3.8, 4) is 17.2 Å². The zero-order valence-electron chi connectivity index (χ0n) is 20.2. The lowest BCUT2D eigenvalue weighted by Crippen LogP contribution is -2.35. The highest BCUT2D eigenvalue weighted by Gasteiger charge is 2.17. The molecule has 0 unspecified atom stereocenters. The summed E-state index contributed by atoms with van der Waals surface area (Å²) >= 11 is 5.81. The second-order valence-electron chi connectivity index (χ2n) is 8.71. The van der Waals surface area contributed by atoms with Gasteiger partial charge in [0.1, 0.15) is 19.0 Å². The molecular formula is C28H27N3O4S. The van der Waals surface area contributed by atoms with Gasteiger partial charge in [-0.15, -0.1) is 0 Å². The van der Waals surface area contributed by atoms with Gasteiger partial charge < -0.3 is 29.4 Å². The molecule has 0 saturated heterocycles. The minimum absolute atomic E-state index is 0.169. The lowest BCUT2D eigenvalue weighted by Gasteiger charge is -2.26. The number of aryl methyl sites for hydroxylation is 1. The molecular weight excluding hydrogens is 474 g/mol. The molecule has 0 saturated carbocycles. The van der Waals surface area contributed by atoms with Crippen LogP contribution in [0, 0.1) is 6.92 Å². The van der Waals surface area contributed by atoms with Crippen LogP contribution in [0.4, 0.5) is 5.69 Å². The molecule has 0 radical (unpaired) electrons. The summed E-state index contributed by atoms with van der Waals surface area (Å²) < 4.78 is 16.7. The maximum Gasteiger partial charge on any atom is 0.253 e. The number of H-pyrrole nitrogens is 1. The highest BCUT2D eigenvalue weighted by Crippen LogP contribution is 2.33. The fourth-order valence-corrected chi connectivity index (χ4v) is 4.37. The fraction of sp³-hybridized carbons (Fsp3) is 0.214. The predicted molar refractivity (Wildman–Crippen MR) is 145 cm³/mol. The van der Waals surface area contributed by atoms with E-state index >= 15 is 0 Å². The summed E-state index contributed by atoms with van der Waals surface area (Å²) in [6.45, 7) is 3.91. The highest BCUT2D eigenvalue weighted by molar-refractivity contribution is 7.80. The third-order valence-corrected chi connectivity index (χ3v) is 6.41. The standard InChI is InChI=1S/C28H27N3O4S/c1-18-6-8-19(9-7-18)16-31(28(36)29-22-4-3-5-23(14-22)33-2)17-21-12-20-13-25-26(35-11-10-34-25)15-24(20)30-27(21)32/h3-9,12-15H,10-11,16-17H2,1-2H3,(H,29,36)(H,30,32). The number of aromatic nitrogens is 1. The molecule has 0 amide bonds. The van der Waals surface area contributed by atoms with E-state index in [-0.39, 0.29) is 5.56 Å². The number of hydrogen-bond acceptors (Lipinski definition) is 5. The number of fused-ring (bicyclic) bond motifs is 2. The van der Waals surface area contributed by atoms with E-state index in [1.165, 1.54) is 5.56 Å². The zero-order chi connectivity index (χ0) is 25.1. The van der Waals surface area contributed by atoms with Crippen molar-refractivity contribution >= 4 is 33.9 Å². The van der Waals surface area contributed by atoms with Gasteiger partial charge in [0.2, 0.25) is 0 Å². The Hall–Kier alpha value is -4.04. The van der Waals surface area contributed by atoms with Gasteiger partial charge in [-0.05, 0) is 49.0 Å². The molecule has 7 nitrogen and oxygen atoms in total. The van der Waals surface area contributed by atoms with Crippen LogP contribution in [0.15, 0.2) is 71.5 Å². The molecule has 0 spiro atoms. The van der Waals surface area contributed by atoms with Gasteiger partial charge in [0.25, 0.3) is 5.56 Å². The van der Waals surface area contributed by atoms with Gasteiger partial charge >= 0.3 is 0 Å². The molecule has 4 aromatic rings. The van der Waals surface area contributed by atoms with Crippen molar-refractivity contribution in [2.45, 2.75) is 20.0 Å². The Morgan fingerprint density at radius 2 is 1.78 bits per heavy atom. The summed E-state index contributed by atoms with van der Waals surface area (Å²) in [6, 6.07) is 21.5. The molecule has 2 heterocycles. The number of anilines is 1. The van der Waals surface area contributed by atoms with Gasteiger partial charge in [-0.3, -0.25) is 4.79 Å². The molecule has 184 valence electrons. The number of nitrogens with zero attached hydrogens (tertiary/aromatic N) is 1. The second-order valence-corrected chi connectivity index (χ2v) is 9.10. The number of ether oxygens (including phenoxy) is 3. The number of hydrogen-bond donors (Lipinski definition) is 2. The number of aromatic amines is 1. The van der Waals surface area contributed by atoms with Crippen molar-refractivity contribution in [2.75, 3.05) is 25.6 Å². The first-order valence-corrected chi connectivity index (χ1v) is 12.1. The van der Waals surface area contributed by atoms with Crippen LogP contribution in [0.1, 0.15) is 16.7 Å². The molecule has 2 N–H and O–H groups in total. The molecule has 36 heavy (non-hydrogen) atoms. The van der Waals surface area contributed by atoms with E-state index in [1.54, 1.807) is 7.11 Å². The summed E-state index contributed by atoms with van der Waals surface area (Å²) in [6.07, 6.45) is 0. The van der Waals surface area contributed by atoms with E-state index in [0.717, 1.165) is 22.4 Å². The van der Waals surface area contributed by atoms with Crippen molar-refractivity contribution in [3.05, 3.63) is 93.8 Å². The van der Waals surface area contributed by atoms with Crippen LogP contribution in [0.25, 0.3) is 10.9 Å². The van der Waals surface area contributed by atoms with Crippen LogP contribution in [-0.2, 0) is 13.1 Å². The van der Waals surface area contributed by atoms with Crippen LogP contribution in [0.2, 0.25) is 0 Å². The van der Waals surface area contributed by atoms with E-state index in [2.05, 4.69) is 41.5 Å². The van der Waals surface area contributed by atoms with E-state index in [1.807, 2.05) is 47.4 Å². The lowest BCUT2D eigenvalue weighted by atomic mass is 10.1.